The Hall–Kier alpha value is -3.84. The average molecular weight is 450 g/mol. The Bertz CT molecular complexity index is 1330. The Kier molecular flexibility index (Phi) is 6.09. The summed E-state index contributed by atoms with van der Waals surface area (Å²) in [4.78, 5) is 26.7. The average Bonchev–Trinajstić information content (AvgIpc) is 2.81. The largest absolute Gasteiger partial charge is 0.497 e. The first-order valence-electron chi connectivity index (χ1n) is 9.78. The second-order valence-corrected chi connectivity index (χ2v) is 7.49. The van der Waals surface area contributed by atoms with Crippen LogP contribution in [0.25, 0.3) is 22.0 Å². The van der Waals surface area contributed by atoms with Crippen molar-refractivity contribution in [1.82, 2.24) is 9.89 Å². The maximum Gasteiger partial charge on any atom is 0.294 e. The van der Waals surface area contributed by atoms with E-state index in [4.69, 9.17) is 21.1 Å². The molecule has 1 N–H and O–H groups in total. The molecular formula is C24H20ClN3O4. The standard InChI is InChI=1S/C24H20ClN3O4/c1-31-18-11-15(12-19(14-18)32-2)13-22(29)26-28-24(30)21-6-4-3-5-20(21)23(27-28)16-7-9-17(25)10-8-16/h3-12,14H,13H2,1-2H3,(H,26,29). The molecule has 0 aliphatic carbocycles. The quantitative estimate of drug-likeness (QED) is 0.480. The fourth-order valence-electron chi connectivity index (χ4n) is 3.40. The van der Waals surface area contributed by atoms with E-state index in [-0.39, 0.29) is 6.42 Å². The maximum absolute atomic E-state index is 13.0. The van der Waals surface area contributed by atoms with Crippen LogP contribution in [0.5, 0.6) is 11.5 Å². The number of nitrogens with zero attached hydrogens (tertiary/aromatic N) is 2. The molecule has 1 amide bonds. The van der Waals surface area contributed by atoms with Gasteiger partial charge in [-0.15, -0.1) is 9.89 Å². The molecule has 1 aromatic heterocycles. The van der Waals surface area contributed by atoms with E-state index in [1.54, 1.807) is 42.5 Å². The van der Waals surface area contributed by atoms with Crippen LogP contribution < -0.4 is 20.5 Å². The highest BCUT2D eigenvalue weighted by Gasteiger charge is 2.15. The summed E-state index contributed by atoms with van der Waals surface area (Å²) >= 11 is 6.01. The summed E-state index contributed by atoms with van der Waals surface area (Å²) in [6.45, 7) is 0. The summed E-state index contributed by atoms with van der Waals surface area (Å²) in [6, 6.07) is 19.4. The molecule has 0 atom stereocenters. The lowest BCUT2D eigenvalue weighted by molar-refractivity contribution is -0.116. The molecule has 162 valence electrons. The number of amides is 1. The van der Waals surface area contributed by atoms with Gasteiger partial charge in [0.05, 0.1) is 26.0 Å². The fraction of sp³-hybridized carbons (Fsp3) is 0.125. The van der Waals surface area contributed by atoms with Crippen LogP contribution in [0.3, 0.4) is 0 Å². The Morgan fingerprint density at radius 2 is 1.59 bits per heavy atom. The van der Waals surface area contributed by atoms with Gasteiger partial charge in [0.25, 0.3) is 5.56 Å². The van der Waals surface area contributed by atoms with E-state index < -0.39 is 11.5 Å². The Morgan fingerprint density at radius 3 is 2.22 bits per heavy atom. The van der Waals surface area contributed by atoms with E-state index in [0.717, 1.165) is 10.4 Å². The van der Waals surface area contributed by atoms with Crippen molar-refractivity contribution in [3.8, 4) is 22.8 Å². The monoisotopic (exact) mass is 449 g/mol. The van der Waals surface area contributed by atoms with Crippen LogP contribution in [-0.4, -0.2) is 30.0 Å². The van der Waals surface area contributed by atoms with Gasteiger partial charge in [-0.3, -0.25) is 9.59 Å². The van der Waals surface area contributed by atoms with Crippen molar-refractivity contribution in [3.05, 3.63) is 87.7 Å². The van der Waals surface area contributed by atoms with E-state index in [1.165, 1.54) is 14.2 Å². The van der Waals surface area contributed by atoms with Crippen LogP contribution >= 0.6 is 11.6 Å². The molecule has 0 saturated carbocycles. The van der Waals surface area contributed by atoms with Crippen LogP contribution in [0.15, 0.2) is 71.5 Å². The zero-order valence-corrected chi connectivity index (χ0v) is 18.2. The number of carbonyl (C=O) groups excluding carboxylic acids is 1. The molecule has 0 unspecified atom stereocenters. The fourth-order valence-corrected chi connectivity index (χ4v) is 3.52. The first-order valence-corrected chi connectivity index (χ1v) is 10.2. The van der Waals surface area contributed by atoms with Gasteiger partial charge in [-0.05, 0) is 35.9 Å². The molecule has 4 aromatic rings. The number of rotatable bonds is 6. The number of carbonyl (C=O) groups is 1. The van der Waals surface area contributed by atoms with Gasteiger partial charge in [0, 0.05) is 22.0 Å². The Balaban J connectivity index is 1.70. The first kappa shape index (κ1) is 21.4. The first-order chi connectivity index (χ1) is 15.5. The summed E-state index contributed by atoms with van der Waals surface area (Å²) in [6.07, 6.45) is 0.00475. The molecule has 0 spiro atoms. The van der Waals surface area contributed by atoms with Crippen molar-refractivity contribution >= 4 is 28.3 Å². The second kappa shape index (κ2) is 9.11. The van der Waals surface area contributed by atoms with Crippen molar-refractivity contribution < 1.29 is 14.3 Å². The number of ether oxygens (including phenoxy) is 2. The lowest BCUT2D eigenvalue weighted by atomic mass is 10.1. The van der Waals surface area contributed by atoms with Gasteiger partial charge >= 0.3 is 0 Å². The van der Waals surface area contributed by atoms with Crippen molar-refractivity contribution in [2.75, 3.05) is 19.6 Å². The number of hydrogen-bond acceptors (Lipinski definition) is 5. The Morgan fingerprint density at radius 1 is 0.969 bits per heavy atom. The van der Waals surface area contributed by atoms with Crippen LogP contribution in [0.2, 0.25) is 5.02 Å². The molecule has 0 radical (unpaired) electrons. The summed E-state index contributed by atoms with van der Waals surface area (Å²) in [5, 5.41) is 6.14. The number of aromatic nitrogens is 2. The van der Waals surface area contributed by atoms with Crippen molar-refractivity contribution in [1.29, 1.82) is 0 Å². The van der Waals surface area contributed by atoms with Crippen LogP contribution in [0.4, 0.5) is 0 Å². The lowest BCUT2D eigenvalue weighted by Crippen LogP contribution is -2.36. The number of halogens is 1. The molecular weight excluding hydrogens is 430 g/mol. The molecule has 32 heavy (non-hydrogen) atoms. The molecule has 0 saturated heterocycles. The topological polar surface area (TPSA) is 82.5 Å². The van der Waals surface area contributed by atoms with Gasteiger partial charge in [0.2, 0.25) is 5.91 Å². The normalized spacial score (nSPS) is 10.7. The highest BCUT2D eigenvalue weighted by molar-refractivity contribution is 6.30. The van der Waals surface area contributed by atoms with Crippen molar-refractivity contribution in [3.63, 3.8) is 0 Å². The summed E-state index contributed by atoms with van der Waals surface area (Å²) < 4.78 is 10.5. The minimum absolute atomic E-state index is 0.00475. The van der Waals surface area contributed by atoms with Crippen LogP contribution in [0, 0.1) is 0 Å². The zero-order chi connectivity index (χ0) is 22.7. The molecule has 3 aromatic carbocycles. The van der Waals surface area contributed by atoms with E-state index in [2.05, 4.69) is 10.5 Å². The predicted molar refractivity (Wildman–Crippen MR) is 124 cm³/mol. The maximum atomic E-state index is 13.0. The number of hydrogen-bond donors (Lipinski definition) is 1. The minimum Gasteiger partial charge on any atom is -0.497 e. The van der Waals surface area contributed by atoms with Gasteiger partial charge in [-0.25, -0.2) is 5.43 Å². The van der Waals surface area contributed by atoms with Crippen LogP contribution in [-0.2, 0) is 11.2 Å². The van der Waals surface area contributed by atoms with E-state index in [1.807, 2.05) is 24.3 Å². The second-order valence-electron chi connectivity index (χ2n) is 7.05. The molecule has 8 heteroatoms. The van der Waals surface area contributed by atoms with Crippen molar-refractivity contribution in [2.45, 2.75) is 6.42 Å². The molecule has 0 aliphatic rings. The number of nitrogens with one attached hydrogen (secondary N) is 1. The number of methoxy groups -OCH3 is 2. The van der Waals surface area contributed by atoms with Gasteiger partial charge in [-0.2, -0.15) is 0 Å². The SMILES string of the molecule is COc1cc(CC(=O)Nn2nc(-c3ccc(Cl)cc3)c3ccccc3c2=O)cc(OC)c1. The van der Waals surface area contributed by atoms with Gasteiger partial charge < -0.3 is 9.47 Å². The molecule has 0 aliphatic heterocycles. The highest BCUT2D eigenvalue weighted by atomic mass is 35.5. The molecule has 7 nitrogen and oxygen atoms in total. The van der Waals surface area contributed by atoms with Crippen LogP contribution in [0.1, 0.15) is 5.56 Å². The predicted octanol–water partition coefficient (Wildman–Crippen LogP) is 4.05. The summed E-state index contributed by atoms with van der Waals surface area (Å²) in [5.74, 6) is 0.726. The van der Waals surface area contributed by atoms with Gasteiger partial charge in [0.1, 0.15) is 17.2 Å². The lowest BCUT2D eigenvalue weighted by Gasteiger charge is -2.13. The minimum atomic E-state index is -0.421. The molecule has 1 heterocycles. The molecule has 4 rings (SSSR count). The third-order valence-electron chi connectivity index (χ3n) is 4.93. The van der Waals surface area contributed by atoms with Gasteiger partial charge in [-0.1, -0.05) is 41.9 Å². The summed E-state index contributed by atoms with van der Waals surface area (Å²) in [5.41, 5.74) is 4.17. The number of fused-ring (bicyclic) bond motifs is 1. The smallest absolute Gasteiger partial charge is 0.294 e. The highest BCUT2D eigenvalue weighted by Crippen LogP contribution is 2.26. The van der Waals surface area contributed by atoms with E-state index in [9.17, 15) is 9.59 Å². The third kappa shape index (κ3) is 4.43. The Labute approximate surface area is 189 Å². The van der Waals surface area contributed by atoms with E-state index >= 15 is 0 Å². The molecule has 0 bridgehead atoms. The molecule has 0 fully saturated rings. The zero-order valence-electron chi connectivity index (χ0n) is 17.5. The van der Waals surface area contributed by atoms with Crippen molar-refractivity contribution in [2.24, 2.45) is 0 Å². The summed E-state index contributed by atoms with van der Waals surface area (Å²) in [7, 11) is 3.07. The van der Waals surface area contributed by atoms with Gasteiger partial charge in [0.15, 0.2) is 0 Å². The third-order valence-corrected chi connectivity index (χ3v) is 5.18. The van der Waals surface area contributed by atoms with E-state index in [0.29, 0.717) is 38.6 Å². The number of benzene rings is 3.